The Morgan fingerprint density at radius 3 is 2.80 bits per heavy atom. The van der Waals surface area contributed by atoms with Crippen LogP contribution in [0.5, 0.6) is 0 Å². The van der Waals surface area contributed by atoms with Crippen LogP contribution in [-0.4, -0.2) is 30.8 Å². The van der Waals surface area contributed by atoms with Crippen molar-refractivity contribution in [1.29, 1.82) is 0 Å². The molecule has 0 saturated carbocycles. The van der Waals surface area contributed by atoms with Crippen LogP contribution in [0.1, 0.15) is 32.3 Å². The Hall–Kier alpha value is -1.26. The molecule has 1 aliphatic heterocycles. The average molecular weight is 297 g/mol. The van der Waals surface area contributed by atoms with Crippen LogP contribution in [0.4, 0.5) is 4.79 Å². The lowest BCUT2D eigenvalue weighted by Crippen LogP contribution is -2.42. The summed E-state index contributed by atoms with van der Waals surface area (Å²) in [6.45, 7) is 7.12. The number of alkyl carbamates (subject to hydrolysis) is 1. The Morgan fingerprint density at radius 1 is 1.40 bits per heavy atom. The number of rotatable bonds is 2. The van der Waals surface area contributed by atoms with Gasteiger partial charge in [-0.25, -0.2) is 4.79 Å². The fourth-order valence-electron chi connectivity index (χ4n) is 2.38. The molecule has 0 spiro atoms. The van der Waals surface area contributed by atoms with E-state index in [0.717, 1.165) is 18.7 Å². The van der Waals surface area contributed by atoms with Crippen LogP contribution in [0.25, 0.3) is 0 Å². The van der Waals surface area contributed by atoms with E-state index in [-0.39, 0.29) is 18.1 Å². The first kappa shape index (κ1) is 15.1. The summed E-state index contributed by atoms with van der Waals surface area (Å²) in [5.41, 5.74) is 0.644. The Labute approximate surface area is 124 Å². The molecular weight excluding hydrogens is 276 g/mol. The van der Waals surface area contributed by atoms with Crippen molar-refractivity contribution in [2.75, 3.05) is 13.1 Å². The molecule has 1 saturated heterocycles. The lowest BCUT2D eigenvalue weighted by molar-refractivity contribution is 0.0504. The third kappa shape index (κ3) is 4.12. The number of nitrogens with one attached hydrogen (secondary N) is 2. The largest absolute Gasteiger partial charge is 0.444 e. The summed E-state index contributed by atoms with van der Waals surface area (Å²) in [6.07, 6.45) is -0.377. The summed E-state index contributed by atoms with van der Waals surface area (Å²) in [4.78, 5) is 11.9. The van der Waals surface area contributed by atoms with Crippen LogP contribution in [0.15, 0.2) is 24.3 Å². The third-order valence-electron chi connectivity index (χ3n) is 3.19. The minimum Gasteiger partial charge on any atom is -0.444 e. The fraction of sp³-hybridized carbons (Fsp3) is 0.533. The number of ether oxygens (including phenoxy) is 1. The SMILES string of the molecule is CC(C)(C)OC(=O)NC1CNCC1c1cccc(Cl)c1. The number of hydrogen-bond donors (Lipinski definition) is 2. The van der Waals surface area contributed by atoms with E-state index in [9.17, 15) is 4.79 Å². The highest BCUT2D eigenvalue weighted by Gasteiger charge is 2.31. The van der Waals surface area contributed by atoms with Gasteiger partial charge in [-0.3, -0.25) is 0 Å². The van der Waals surface area contributed by atoms with Gasteiger partial charge in [0, 0.05) is 24.0 Å². The van der Waals surface area contributed by atoms with E-state index in [1.165, 1.54) is 0 Å². The molecule has 0 bridgehead atoms. The molecule has 0 aromatic heterocycles. The van der Waals surface area contributed by atoms with Gasteiger partial charge in [0.15, 0.2) is 0 Å². The third-order valence-corrected chi connectivity index (χ3v) is 3.43. The molecule has 4 nitrogen and oxygen atoms in total. The van der Waals surface area contributed by atoms with Gasteiger partial charge in [-0.15, -0.1) is 0 Å². The van der Waals surface area contributed by atoms with Gasteiger partial charge in [0.2, 0.25) is 0 Å². The van der Waals surface area contributed by atoms with E-state index >= 15 is 0 Å². The van der Waals surface area contributed by atoms with Gasteiger partial charge in [-0.2, -0.15) is 0 Å². The summed E-state index contributed by atoms with van der Waals surface area (Å²) < 4.78 is 5.30. The number of benzene rings is 1. The second kappa shape index (κ2) is 6.02. The zero-order valence-corrected chi connectivity index (χ0v) is 12.8. The van der Waals surface area contributed by atoms with Crippen molar-refractivity contribution in [1.82, 2.24) is 10.6 Å². The summed E-state index contributed by atoms with van der Waals surface area (Å²) in [7, 11) is 0. The molecule has 0 radical (unpaired) electrons. The van der Waals surface area contributed by atoms with Crippen molar-refractivity contribution >= 4 is 17.7 Å². The fourth-order valence-corrected chi connectivity index (χ4v) is 2.58. The van der Waals surface area contributed by atoms with Crippen LogP contribution < -0.4 is 10.6 Å². The molecule has 0 aliphatic carbocycles. The van der Waals surface area contributed by atoms with Gasteiger partial charge in [-0.05, 0) is 38.5 Å². The highest BCUT2D eigenvalue weighted by atomic mass is 35.5. The molecule has 5 heteroatoms. The summed E-state index contributed by atoms with van der Waals surface area (Å²) >= 11 is 6.03. The monoisotopic (exact) mass is 296 g/mol. The van der Waals surface area contributed by atoms with E-state index in [2.05, 4.69) is 10.6 Å². The molecule has 20 heavy (non-hydrogen) atoms. The smallest absolute Gasteiger partial charge is 0.407 e. The maximum atomic E-state index is 11.9. The summed E-state index contributed by atoms with van der Waals surface area (Å²) in [5.74, 6) is 0.209. The first-order chi connectivity index (χ1) is 9.35. The molecule has 1 fully saturated rings. The van der Waals surface area contributed by atoms with Crippen LogP contribution in [0.2, 0.25) is 5.02 Å². The highest BCUT2D eigenvalue weighted by molar-refractivity contribution is 6.30. The zero-order chi connectivity index (χ0) is 14.8. The van der Waals surface area contributed by atoms with E-state index in [0.29, 0.717) is 5.02 Å². The Bertz CT molecular complexity index is 485. The van der Waals surface area contributed by atoms with Crippen molar-refractivity contribution < 1.29 is 9.53 Å². The Kier molecular flexibility index (Phi) is 4.55. The van der Waals surface area contributed by atoms with Gasteiger partial charge in [0.1, 0.15) is 5.60 Å². The number of halogens is 1. The number of carbonyl (C=O) groups excluding carboxylic acids is 1. The zero-order valence-electron chi connectivity index (χ0n) is 12.1. The maximum absolute atomic E-state index is 11.9. The highest BCUT2D eigenvalue weighted by Crippen LogP contribution is 2.25. The number of hydrogen-bond acceptors (Lipinski definition) is 3. The van der Waals surface area contributed by atoms with Crippen LogP contribution in [-0.2, 0) is 4.74 Å². The summed E-state index contributed by atoms with van der Waals surface area (Å²) in [6, 6.07) is 7.78. The first-order valence-corrected chi connectivity index (χ1v) is 7.18. The Morgan fingerprint density at radius 2 is 2.15 bits per heavy atom. The quantitative estimate of drug-likeness (QED) is 0.882. The Balaban J connectivity index is 2.03. The second-order valence-electron chi connectivity index (χ2n) is 6.07. The van der Waals surface area contributed by atoms with Gasteiger partial charge in [0.05, 0.1) is 6.04 Å². The van der Waals surface area contributed by atoms with Gasteiger partial charge in [-0.1, -0.05) is 23.7 Å². The molecule has 1 aliphatic rings. The first-order valence-electron chi connectivity index (χ1n) is 6.81. The predicted molar refractivity (Wildman–Crippen MR) is 80.2 cm³/mol. The molecule has 2 rings (SSSR count). The van der Waals surface area contributed by atoms with Gasteiger partial charge in [0.25, 0.3) is 0 Å². The molecule has 1 amide bonds. The van der Waals surface area contributed by atoms with Crippen molar-refractivity contribution in [2.45, 2.75) is 38.3 Å². The van der Waals surface area contributed by atoms with Crippen LogP contribution in [0, 0.1) is 0 Å². The lowest BCUT2D eigenvalue weighted by Gasteiger charge is -2.24. The molecule has 1 aromatic carbocycles. The average Bonchev–Trinajstić information content (AvgIpc) is 2.74. The van der Waals surface area contributed by atoms with Crippen molar-refractivity contribution in [3.05, 3.63) is 34.9 Å². The predicted octanol–water partition coefficient (Wildman–Crippen LogP) is 2.92. The van der Waals surface area contributed by atoms with Crippen molar-refractivity contribution in [3.8, 4) is 0 Å². The molecule has 2 N–H and O–H groups in total. The molecular formula is C15H21ClN2O2. The molecule has 2 unspecified atom stereocenters. The lowest BCUT2D eigenvalue weighted by atomic mass is 9.94. The van der Waals surface area contributed by atoms with Crippen LogP contribution in [0.3, 0.4) is 0 Å². The molecule has 2 atom stereocenters. The topological polar surface area (TPSA) is 50.4 Å². The minimum absolute atomic E-state index is 0.0170. The molecule has 1 aromatic rings. The van der Waals surface area contributed by atoms with E-state index in [4.69, 9.17) is 16.3 Å². The minimum atomic E-state index is -0.484. The number of amides is 1. The van der Waals surface area contributed by atoms with E-state index < -0.39 is 5.60 Å². The van der Waals surface area contributed by atoms with Gasteiger partial charge < -0.3 is 15.4 Å². The van der Waals surface area contributed by atoms with Crippen molar-refractivity contribution in [2.24, 2.45) is 0 Å². The molecule has 110 valence electrons. The normalized spacial score (nSPS) is 22.6. The summed E-state index contributed by atoms with van der Waals surface area (Å²) in [5, 5.41) is 6.95. The van der Waals surface area contributed by atoms with E-state index in [1.54, 1.807) is 0 Å². The standard InChI is InChI=1S/C15H21ClN2O2/c1-15(2,3)20-14(19)18-13-9-17-8-12(13)10-5-4-6-11(16)7-10/h4-7,12-13,17H,8-9H2,1-3H3,(H,18,19). The number of carbonyl (C=O) groups is 1. The van der Waals surface area contributed by atoms with Crippen LogP contribution >= 0.6 is 11.6 Å². The second-order valence-corrected chi connectivity index (χ2v) is 6.51. The van der Waals surface area contributed by atoms with Crippen molar-refractivity contribution in [3.63, 3.8) is 0 Å². The van der Waals surface area contributed by atoms with Gasteiger partial charge >= 0.3 is 6.09 Å². The maximum Gasteiger partial charge on any atom is 0.407 e. The molecule has 1 heterocycles. The van der Waals surface area contributed by atoms with E-state index in [1.807, 2.05) is 45.0 Å².